The number of aliphatic carboxylic acids is 1. The standard InChI is InChI=1S/C62H90N14O13/c1-38(2)33-49(75-60(87)47(35-40-19-8-4-9-20-40)73-56(83)43(24-13-15-31-64)69-54(81)42(65)23-12-14-30-63)62(89)76-32-16-25-50(76)61(88)74-48(36-41-21-10-5-11-22-41)59(86)71-44(26-28-51(66)77)57(84)70-45(27-29-52(67)78)58(85)72-46(55(82)68-37-53(79)80)34-39-17-6-3-7-18-39/h3-11,17-22,38,42-50H,12-16,23-37,63-65H2,1-2H3,(H2,66,77)(H2,67,78)(H,68,82)(H,69,81)(H,70,84)(H,71,86)(H,72,85)(H,73,83)(H,74,88)(H,75,87)(H,79,80)/t42-,43-,44-,45-,46-,47-,48-,49-,50-/m0/s1. The molecule has 1 aliphatic rings. The molecule has 89 heavy (non-hydrogen) atoms. The molecule has 3 aromatic rings. The highest BCUT2D eigenvalue weighted by Gasteiger charge is 2.41. The maximum absolute atomic E-state index is 14.9. The molecular weight excluding hydrogens is 1150 g/mol. The molecule has 1 saturated heterocycles. The summed E-state index contributed by atoms with van der Waals surface area (Å²) >= 11 is 0. The summed E-state index contributed by atoms with van der Waals surface area (Å²) in [6, 6.07) is 14.1. The van der Waals surface area contributed by atoms with Crippen LogP contribution >= 0.6 is 0 Å². The Kier molecular flexibility index (Phi) is 31.4. The Hall–Kier alpha value is -8.82. The number of benzene rings is 3. The van der Waals surface area contributed by atoms with Crippen molar-refractivity contribution < 1.29 is 62.6 Å². The Labute approximate surface area is 518 Å². The minimum atomic E-state index is -1.62. The average Bonchev–Trinajstić information content (AvgIpc) is 2.61. The molecule has 19 N–H and O–H groups in total. The van der Waals surface area contributed by atoms with Crippen LogP contribution in [0.1, 0.15) is 114 Å². The van der Waals surface area contributed by atoms with Gasteiger partial charge in [0.15, 0.2) is 0 Å². The second-order valence-electron chi connectivity index (χ2n) is 22.6. The van der Waals surface area contributed by atoms with E-state index in [2.05, 4.69) is 42.5 Å². The van der Waals surface area contributed by atoms with Gasteiger partial charge < -0.3 is 81.2 Å². The SMILES string of the molecule is CC(C)C[C@H](NC(=O)[C@H](Cc1ccccc1)NC(=O)[C@H](CCCCN)NC(=O)[C@@H](N)CCCCN)C(=O)N1CCC[C@H]1C(=O)N[C@@H](Cc1ccccc1)C(=O)N[C@@H](CCC(N)=O)C(=O)N[C@@H](CCC(N)=O)C(=O)N[C@@H](Cc1ccccc1)C(=O)NCC(=O)O. The molecule has 0 radical (unpaired) electrons. The molecule has 0 bridgehead atoms. The van der Waals surface area contributed by atoms with E-state index in [0.29, 0.717) is 68.3 Å². The number of hydrogen-bond acceptors (Lipinski definition) is 15. The first kappa shape index (κ1) is 72.7. The van der Waals surface area contributed by atoms with Crippen molar-refractivity contribution in [3.63, 3.8) is 0 Å². The summed E-state index contributed by atoms with van der Waals surface area (Å²) < 4.78 is 0. The molecule has 27 heteroatoms. The van der Waals surface area contributed by atoms with E-state index in [0.717, 1.165) is 0 Å². The molecule has 0 saturated carbocycles. The van der Waals surface area contributed by atoms with E-state index in [4.69, 9.17) is 28.7 Å². The Morgan fingerprint density at radius 3 is 1.30 bits per heavy atom. The Morgan fingerprint density at radius 1 is 0.494 bits per heavy atom. The van der Waals surface area contributed by atoms with Crippen molar-refractivity contribution >= 4 is 70.9 Å². The summed E-state index contributed by atoms with van der Waals surface area (Å²) in [5.41, 5.74) is 30.4. The molecule has 1 fully saturated rings. The van der Waals surface area contributed by atoms with Gasteiger partial charge in [0.2, 0.25) is 65.0 Å². The van der Waals surface area contributed by atoms with E-state index >= 15 is 0 Å². The van der Waals surface area contributed by atoms with Crippen LogP contribution < -0.4 is 71.2 Å². The number of carboxylic acids is 1. The number of unbranched alkanes of at least 4 members (excludes halogenated alkanes) is 2. The van der Waals surface area contributed by atoms with Crippen LogP contribution in [0.5, 0.6) is 0 Å². The van der Waals surface area contributed by atoms with Crippen LogP contribution in [0.4, 0.5) is 0 Å². The summed E-state index contributed by atoms with van der Waals surface area (Å²) in [5, 5.41) is 30.3. The van der Waals surface area contributed by atoms with Crippen LogP contribution in [-0.4, -0.2) is 162 Å². The molecule has 9 atom stereocenters. The quantitative estimate of drug-likeness (QED) is 0.0287. The Bertz CT molecular complexity index is 2830. The van der Waals surface area contributed by atoms with Gasteiger partial charge in [-0.15, -0.1) is 0 Å². The topological polar surface area (TPSA) is 455 Å². The van der Waals surface area contributed by atoms with Crippen molar-refractivity contribution in [3.8, 4) is 0 Å². The fourth-order valence-electron chi connectivity index (χ4n) is 10.1. The molecule has 27 nitrogen and oxygen atoms in total. The molecule has 4 rings (SSSR count). The predicted molar refractivity (Wildman–Crippen MR) is 329 cm³/mol. The van der Waals surface area contributed by atoms with E-state index in [-0.39, 0.29) is 51.0 Å². The van der Waals surface area contributed by atoms with Gasteiger partial charge >= 0.3 is 5.97 Å². The summed E-state index contributed by atoms with van der Waals surface area (Å²) in [6.07, 6.45) is 1.41. The number of hydrogen-bond donors (Lipinski definition) is 14. The van der Waals surface area contributed by atoms with Gasteiger partial charge in [0, 0.05) is 38.6 Å². The second-order valence-corrected chi connectivity index (χ2v) is 22.6. The number of nitrogens with zero attached hydrogens (tertiary/aromatic N) is 1. The molecule has 3 aromatic carbocycles. The van der Waals surface area contributed by atoms with Gasteiger partial charge in [-0.3, -0.25) is 57.5 Å². The molecule has 0 aliphatic carbocycles. The summed E-state index contributed by atoms with van der Waals surface area (Å²) in [6.45, 7) is 3.76. The zero-order valence-electron chi connectivity index (χ0n) is 50.8. The third kappa shape index (κ3) is 26.2. The fraction of sp³-hybridized carbons (Fsp3) is 0.516. The van der Waals surface area contributed by atoms with Gasteiger partial charge in [0.05, 0.1) is 6.04 Å². The number of nitrogens with one attached hydrogen (secondary N) is 8. The predicted octanol–water partition coefficient (Wildman–Crippen LogP) is -1.54. The lowest BCUT2D eigenvalue weighted by Crippen LogP contribution is -2.61. The minimum Gasteiger partial charge on any atom is -0.480 e. The van der Waals surface area contributed by atoms with E-state index in [1.54, 1.807) is 91.0 Å². The maximum atomic E-state index is 14.9. The molecule has 486 valence electrons. The molecule has 0 aromatic heterocycles. The minimum absolute atomic E-state index is 0.00773. The molecule has 0 unspecified atom stereocenters. The monoisotopic (exact) mass is 1240 g/mol. The lowest BCUT2D eigenvalue weighted by molar-refractivity contribution is -0.143. The van der Waals surface area contributed by atoms with Gasteiger partial charge in [-0.1, -0.05) is 111 Å². The maximum Gasteiger partial charge on any atom is 0.322 e. The summed E-state index contributed by atoms with van der Waals surface area (Å²) in [4.78, 5) is 165. The number of likely N-dealkylation sites (tertiary alicyclic amines) is 1. The highest BCUT2D eigenvalue weighted by molar-refractivity contribution is 5.99. The summed E-state index contributed by atoms with van der Waals surface area (Å²) in [5.74, 6) is -10.4. The van der Waals surface area contributed by atoms with Crippen molar-refractivity contribution in [2.45, 2.75) is 171 Å². The largest absolute Gasteiger partial charge is 0.480 e. The lowest BCUT2D eigenvalue weighted by atomic mass is 9.99. The van der Waals surface area contributed by atoms with Gasteiger partial charge in [-0.05, 0) is 99.9 Å². The summed E-state index contributed by atoms with van der Waals surface area (Å²) in [7, 11) is 0. The van der Waals surface area contributed by atoms with Crippen molar-refractivity contribution in [1.82, 2.24) is 47.4 Å². The Balaban J connectivity index is 1.61. The number of rotatable bonds is 40. The highest BCUT2D eigenvalue weighted by atomic mass is 16.4. The molecule has 0 spiro atoms. The third-order valence-electron chi connectivity index (χ3n) is 14.8. The van der Waals surface area contributed by atoms with E-state index in [9.17, 15) is 62.6 Å². The molecular formula is C62H90N14O13. The number of carboxylic acid groups (broad SMARTS) is 1. The van der Waals surface area contributed by atoms with Crippen LogP contribution in [0.3, 0.4) is 0 Å². The van der Waals surface area contributed by atoms with Crippen LogP contribution in [0, 0.1) is 5.92 Å². The number of carbonyl (C=O) groups excluding carboxylic acids is 11. The normalized spacial score (nSPS) is 15.5. The van der Waals surface area contributed by atoms with Crippen LogP contribution in [-0.2, 0) is 76.8 Å². The van der Waals surface area contributed by atoms with Gasteiger partial charge in [-0.2, -0.15) is 0 Å². The van der Waals surface area contributed by atoms with E-state index < -0.39 is 158 Å². The van der Waals surface area contributed by atoms with Gasteiger partial charge in [0.25, 0.3) is 0 Å². The van der Waals surface area contributed by atoms with E-state index in [1.807, 2.05) is 13.8 Å². The van der Waals surface area contributed by atoms with E-state index in [1.165, 1.54) is 4.90 Å². The molecule has 11 amide bonds. The zero-order valence-corrected chi connectivity index (χ0v) is 50.8. The number of primary amides is 2. The van der Waals surface area contributed by atoms with Crippen molar-refractivity contribution in [3.05, 3.63) is 108 Å². The van der Waals surface area contributed by atoms with Crippen molar-refractivity contribution in [1.29, 1.82) is 0 Å². The number of nitrogens with two attached hydrogens (primary N) is 5. The molecule has 1 aliphatic heterocycles. The second kappa shape index (κ2) is 38.5. The van der Waals surface area contributed by atoms with Gasteiger partial charge in [0.1, 0.15) is 54.9 Å². The smallest absolute Gasteiger partial charge is 0.322 e. The van der Waals surface area contributed by atoms with Crippen LogP contribution in [0.15, 0.2) is 91.0 Å². The fourth-order valence-corrected chi connectivity index (χ4v) is 10.1. The number of carbonyl (C=O) groups is 12. The van der Waals surface area contributed by atoms with Crippen molar-refractivity contribution in [2.24, 2.45) is 34.6 Å². The average molecular weight is 1240 g/mol. The first-order chi connectivity index (χ1) is 42.5. The van der Waals surface area contributed by atoms with Gasteiger partial charge in [-0.25, -0.2) is 0 Å². The van der Waals surface area contributed by atoms with Crippen molar-refractivity contribution in [2.75, 3.05) is 26.2 Å². The van der Waals surface area contributed by atoms with Crippen LogP contribution in [0.25, 0.3) is 0 Å². The highest BCUT2D eigenvalue weighted by Crippen LogP contribution is 2.22. The van der Waals surface area contributed by atoms with Crippen LogP contribution in [0.2, 0.25) is 0 Å². The third-order valence-corrected chi connectivity index (χ3v) is 14.8. The lowest BCUT2D eigenvalue weighted by Gasteiger charge is -2.32. The molecule has 1 heterocycles. The Morgan fingerprint density at radius 2 is 0.876 bits per heavy atom. The zero-order chi connectivity index (χ0) is 65.4. The first-order valence-electron chi connectivity index (χ1n) is 30.3. The first-order valence-corrected chi connectivity index (χ1v) is 30.3. The number of amides is 11.